The lowest BCUT2D eigenvalue weighted by Gasteiger charge is -2.12. The lowest BCUT2D eigenvalue weighted by Crippen LogP contribution is -2.22. The zero-order chi connectivity index (χ0) is 20.5. The molecule has 0 amide bonds. The molecule has 7 heteroatoms. The van der Waals surface area contributed by atoms with E-state index in [4.69, 9.17) is 11.6 Å². The van der Waals surface area contributed by atoms with Gasteiger partial charge in [-0.15, -0.1) is 11.3 Å². The molecule has 146 valence electrons. The molecular weight excluding hydrogens is 394 g/mol. The maximum atomic E-state index is 12.3. The van der Waals surface area contributed by atoms with Crippen LogP contribution in [-0.4, -0.2) is 20.5 Å². The zero-order valence-electron chi connectivity index (χ0n) is 16.2. The molecule has 0 fully saturated rings. The smallest absolute Gasteiger partial charge is 0.266 e. The predicted octanol–water partition coefficient (Wildman–Crippen LogP) is 2.87. The van der Waals surface area contributed by atoms with Crippen LogP contribution in [0.2, 0.25) is 5.15 Å². The predicted molar refractivity (Wildman–Crippen MR) is 114 cm³/mol. The second-order valence-electron chi connectivity index (χ2n) is 7.62. The van der Waals surface area contributed by atoms with Gasteiger partial charge in [-0.3, -0.25) is 9.59 Å². The molecule has 2 aromatic heterocycles. The number of ketones is 1. The van der Waals surface area contributed by atoms with Crippen molar-refractivity contribution in [2.75, 3.05) is 0 Å². The van der Waals surface area contributed by atoms with Crippen LogP contribution in [-0.2, 0) is 11.3 Å². The molecule has 0 bridgehead atoms. The van der Waals surface area contributed by atoms with Crippen molar-refractivity contribution in [2.45, 2.75) is 34.2 Å². The van der Waals surface area contributed by atoms with Crippen LogP contribution in [0.25, 0.3) is 12.2 Å². The Morgan fingerprint density at radius 2 is 1.96 bits per heavy atom. The number of benzene rings is 1. The highest BCUT2D eigenvalue weighted by atomic mass is 35.5. The van der Waals surface area contributed by atoms with Crippen molar-refractivity contribution >= 4 is 40.9 Å². The first-order chi connectivity index (χ1) is 13.1. The van der Waals surface area contributed by atoms with Crippen molar-refractivity contribution in [3.8, 4) is 0 Å². The second-order valence-corrected chi connectivity index (χ2v) is 9.06. The summed E-state index contributed by atoms with van der Waals surface area (Å²) < 4.78 is 2.73. The third kappa shape index (κ3) is 4.51. The topological polar surface area (TPSA) is 67.8 Å². The molecular formula is C21H22ClN3O2S. The molecule has 0 saturated carbocycles. The van der Waals surface area contributed by atoms with Gasteiger partial charge in [0.2, 0.25) is 0 Å². The van der Waals surface area contributed by atoms with Gasteiger partial charge in [0.25, 0.3) is 5.56 Å². The van der Waals surface area contributed by atoms with Gasteiger partial charge in [-0.1, -0.05) is 62.7 Å². The Morgan fingerprint density at radius 3 is 2.61 bits per heavy atom. The summed E-state index contributed by atoms with van der Waals surface area (Å²) in [4.78, 5) is 27.2. The highest BCUT2D eigenvalue weighted by Gasteiger charge is 2.19. The first-order valence-electron chi connectivity index (χ1n) is 8.89. The van der Waals surface area contributed by atoms with E-state index in [9.17, 15) is 9.59 Å². The number of nitrogens with one attached hydrogen (secondary N) is 1. The Balaban J connectivity index is 2.00. The van der Waals surface area contributed by atoms with Crippen LogP contribution < -0.4 is 14.8 Å². The van der Waals surface area contributed by atoms with Gasteiger partial charge < -0.3 is 4.98 Å². The van der Waals surface area contributed by atoms with Crippen LogP contribution in [0.4, 0.5) is 0 Å². The minimum Gasteiger partial charge on any atom is -0.313 e. The number of hydrogen-bond acceptors (Lipinski definition) is 4. The highest BCUT2D eigenvalue weighted by molar-refractivity contribution is 7.07. The summed E-state index contributed by atoms with van der Waals surface area (Å²) in [6.45, 7) is 7.93. The van der Waals surface area contributed by atoms with Crippen molar-refractivity contribution in [1.82, 2.24) is 14.8 Å². The Kier molecular flexibility index (Phi) is 5.72. The fourth-order valence-electron chi connectivity index (χ4n) is 2.58. The van der Waals surface area contributed by atoms with E-state index in [-0.39, 0.29) is 11.3 Å². The number of hydrogen-bond donors (Lipinski definition) is 1. The van der Waals surface area contributed by atoms with Crippen molar-refractivity contribution in [1.29, 1.82) is 0 Å². The molecule has 0 spiro atoms. The van der Waals surface area contributed by atoms with Gasteiger partial charge in [-0.05, 0) is 18.6 Å². The number of rotatable bonds is 4. The number of nitrogens with zero attached hydrogens (tertiary/aromatic N) is 2. The van der Waals surface area contributed by atoms with E-state index in [1.807, 2.05) is 58.0 Å². The third-order valence-corrected chi connectivity index (χ3v) is 5.60. The Bertz CT molecular complexity index is 1180. The van der Waals surface area contributed by atoms with E-state index in [0.717, 1.165) is 11.3 Å². The number of thiazole rings is 1. The van der Waals surface area contributed by atoms with Crippen LogP contribution in [0.1, 0.15) is 37.6 Å². The standard InChI is InChI=1S/C21H22ClN3O2S/c1-13-15(19(22)25(24-13)12-14-8-6-5-7-9-14)10-16-20(27)23-18(28-16)11-17(26)21(2,3)4/h5-11H,12H2,1-4H3,(H,23,27)/b16-10-,18-11-. The van der Waals surface area contributed by atoms with E-state index in [1.165, 1.54) is 17.4 Å². The largest absolute Gasteiger partial charge is 0.313 e. The molecule has 28 heavy (non-hydrogen) atoms. The van der Waals surface area contributed by atoms with E-state index in [0.29, 0.717) is 26.5 Å². The molecule has 0 aliphatic rings. The Morgan fingerprint density at radius 1 is 1.29 bits per heavy atom. The first kappa shape index (κ1) is 20.3. The average molecular weight is 416 g/mol. The minimum absolute atomic E-state index is 0.0403. The van der Waals surface area contributed by atoms with Gasteiger partial charge in [0.1, 0.15) is 5.15 Å². The monoisotopic (exact) mass is 415 g/mol. The molecule has 1 N–H and O–H groups in total. The molecule has 3 rings (SSSR count). The quantitative estimate of drug-likeness (QED) is 0.712. The summed E-state index contributed by atoms with van der Waals surface area (Å²) >= 11 is 7.77. The second kappa shape index (κ2) is 7.89. The number of H-pyrrole nitrogens is 1. The van der Waals surface area contributed by atoms with Gasteiger partial charge in [-0.25, -0.2) is 4.68 Å². The summed E-state index contributed by atoms with van der Waals surface area (Å²) in [5, 5.41) is 4.98. The van der Waals surface area contributed by atoms with Crippen molar-refractivity contribution in [2.24, 2.45) is 5.41 Å². The van der Waals surface area contributed by atoms with E-state index >= 15 is 0 Å². The van der Waals surface area contributed by atoms with E-state index in [1.54, 1.807) is 10.8 Å². The van der Waals surface area contributed by atoms with Gasteiger partial charge in [0.05, 0.1) is 21.4 Å². The highest BCUT2D eigenvalue weighted by Crippen LogP contribution is 2.21. The Hall–Kier alpha value is -2.44. The molecule has 0 atom stereocenters. The fourth-order valence-corrected chi connectivity index (χ4v) is 3.74. The van der Waals surface area contributed by atoms with Crippen molar-refractivity contribution < 1.29 is 4.79 Å². The third-order valence-electron chi connectivity index (χ3n) is 4.24. The van der Waals surface area contributed by atoms with Gasteiger partial charge in [0.15, 0.2) is 5.78 Å². The van der Waals surface area contributed by atoms with Crippen LogP contribution in [0.15, 0.2) is 35.1 Å². The number of aromatic amines is 1. The lowest BCUT2D eigenvalue weighted by molar-refractivity contribution is -0.119. The van der Waals surface area contributed by atoms with Crippen molar-refractivity contribution in [3.63, 3.8) is 0 Å². The van der Waals surface area contributed by atoms with Gasteiger partial charge >= 0.3 is 0 Å². The molecule has 0 aliphatic heterocycles. The molecule has 1 aromatic carbocycles. The van der Waals surface area contributed by atoms with Crippen LogP contribution in [0.3, 0.4) is 0 Å². The van der Waals surface area contributed by atoms with Crippen molar-refractivity contribution in [3.05, 3.63) is 71.9 Å². The molecule has 0 unspecified atom stereocenters. The van der Waals surface area contributed by atoms with Gasteiger partial charge in [0, 0.05) is 17.1 Å². The number of aromatic nitrogens is 3. The summed E-state index contributed by atoms with van der Waals surface area (Å²) in [6.07, 6.45) is 3.21. The number of aryl methyl sites for hydroxylation is 1. The summed E-state index contributed by atoms with van der Waals surface area (Å²) in [6, 6.07) is 9.91. The van der Waals surface area contributed by atoms with E-state index < -0.39 is 5.41 Å². The minimum atomic E-state index is -0.497. The maximum Gasteiger partial charge on any atom is 0.266 e. The zero-order valence-corrected chi connectivity index (χ0v) is 17.8. The number of carbonyl (C=O) groups is 1. The Labute approximate surface area is 172 Å². The molecule has 5 nitrogen and oxygen atoms in total. The number of halogens is 1. The molecule has 0 saturated heterocycles. The summed E-state index contributed by atoms with van der Waals surface area (Å²) in [7, 11) is 0. The molecule has 0 aliphatic carbocycles. The summed E-state index contributed by atoms with van der Waals surface area (Å²) in [5.74, 6) is -0.0403. The first-order valence-corrected chi connectivity index (χ1v) is 10.1. The molecule has 2 heterocycles. The fraction of sp³-hybridized carbons (Fsp3) is 0.286. The molecule has 0 radical (unpaired) electrons. The SMILES string of the molecule is Cc1nn(Cc2ccccc2)c(Cl)c1/C=c1\s/c(=C\C(=O)C(C)(C)C)[nH]c1=O. The average Bonchev–Trinajstić information content (AvgIpc) is 3.09. The van der Waals surface area contributed by atoms with Gasteiger partial charge in [-0.2, -0.15) is 5.10 Å². The normalized spacial score (nSPS) is 13.3. The van der Waals surface area contributed by atoms with Crippen LogP contribution >= 0.6 is 22.9 Å². The van der Waals surface area contributed by atoms with Crippen LogP contribution in [0.5, 0.6) is 0 Å². The lowest BCUT2D eigenvalue weighted by atomic mass is 9.91. The van der Waals surface area contributed by atoms with Crippen LogP contribution in [0, 0.1) is 12.3 Å². The van der Waals surface area contributed by atoms with E-state index in [2.05, 4.69) is 10.1 Å². The maximum absolute atomic E-state index is 12.3. The number of Topliss-reactive ketones (excluding diaryl/α,β-unsaturated/α-hetero) is 1. The number of carbonyl (C=O) groups excluding carboxylic acids is 1. The summed E-state index contributed by atoms with van der Waals surface area (Å²) in [5.41, 5.74) is 1.79. The molecule has 3 aromatic rings.